The van der Waals surface area contributed by atoms with Crippen molar-refractivity contribution in [2.45, 2.75) is 19.9 Å². The molecule has 0 aliphatic carbocycles. The zero-order valence-corrected chi connectivity index (χ0v) is 16.4. The van der Waals surface area contributed by atoms with E-state index in [0.29, 0.717) is 6.54 Å². The highest BCUT2D eigenvalue weighted by Crippen LogP contribution is 2.11. The highest BCUT2D eigenvalue weighted by Gasteiger charge is 1.99. The normalized spacial score (nSPS) is 10.9. The molecule has 1 aromatic heterocycles. The van der Waals surface area contributed by atoms with Gasteiger partial charge in [0.1, 0.15) is 0 Å². The van der Waals surface area contributed by atoms with Gasteiger partial charge in [-0.25, -0.2) is 4.99 Å². The Kier molecular flexibility index (Phi) is 9.50. The van der Waals surface area contributed by atoms with E-state index in [4.69, 9.17) is 11.6 Å². The smallest absolute Gasteiger partial charge is 0.191 e. The van der Waals surface area contributed by atoms with Crippen LogP contribution in [-0.4, -0.2) is 19.0 Å². The molecule has 0 saturated carbocycles. The van der Waals surface area contributed by atoms with Crippen LogP contribution >= 0.6 is 46.9 Å². The Morgan fingerprint density at radius 2 is 2.09 bits per heavy atom. The van der Waals surface area contributed by atoms with E-state index in [1.165, 1.54) is 10.4 Å². The van der Waals surface area contributed by atoms with E-state index in [1.54, 1.807) is 11.3 Å². The number of nitrogens with zero attached hydrogens (tertiary/aromatic N) is 1. The van der Waals surface area contributed by atoms with Crippen molar-refractivity contribution >= 4 is 52.9 Å². The largest absolute Gasteiger partial charge is 0.357 e. The Balaban J connectivity index is 0.00000242. The molecular weight excluding hydrogens is 429 g/mol. The van der Waals surface area contributed by atoms with Gasteiger partial charge in [0.25, 0.3) is 0 Å². The molecule has 0 bridgehead atoms. The number of halogens is 2. The Labute approximate surface area is 158 Å². The zero-order valence-electron chi connectivity index (χ0n) is 12.5. The van der Waals surface area contributed by atoms with Crippen LogP contribution in [-0.2, 0) is 13.0 Å². The first-order valence-electron chi connectivity index (χ1n) is 7.07. The molecule has 0 aliphatic heterocycles. The van der Waals surface area contributed by atoms with Crippen LogP contribution in [0.5, 0.6) is 0 Å². The van der Waals surface area contributed by atoms with Crippen LogP contribution in [0.2, 0.25) is 5.02 Å². The van der Waals surface area contributed by atoms with Gasteiger partial charge in [0.15, 0.2) is 5.96 Å². The van der Waals surface area contributed by atoms with Crippen LogP contribution in [0.4, 0.5) is 0 Å². The minimum atomic E-state index is 0. The lowest BCUT2D eigenvalue weighted by Gasteiger charge is -2.11. The number of aliphatic imine (C=N–C) groups is 1. The highest BCUT2D eigenvalue weighted by molar-refractivity contribution is 14.0. The molecule has 1 heterocycles. The van der Waals surface area contributed by atoms with Gasteiger partial charge in [-0.3, -0.25) is 0 Å². The van der Waals surface area contributed by atoms with E-state index in [2.05, 4.69) is 46.1 Å². The van der Waals surface area contributed by atoms with Crippen molar-refractivity contribution in [3.05, 3.63) is 57.2 Å². The average Bonchev–Trinajstić information content (AvgIpc) is 2.98. The number of hydrogen-bond acceptors (Lipinski definition) is 2. The van der Waals surface area contributed by atoms with Gasteiger partial charge in [0.05, 0.1) is 6.54 Å². The maximum Gasteiger partial charge on any atom is 0.191 e. The predicted molar refractivity (Wildman–Crippen MR) is 108 cm³/mol. The fraction of sp³-hybridized carbons (Fsp3) is 0.312. The van der Waals surface area contributed by atoms with E-state index in [-0.39, 0.29) is 24.0 Å². The van der Waals surface area contributed by atoms with Gasteiger partial charge in [-0.15, -0.1) is 35.3 Å². The van der Waals surface area contributed by atoms with Crippen molar-refractivity contribution < 1.29 is 0 Å². The second-order valence-corrected chi connectivity index (χ2v) is 6.05. The van der Waals surface area contributed by atoms with Crippen LogP contribution in [0.15, 0.2) is 46.8 Å². The quantitative estimate of drug-likeness (QED) is 0.391. The van der Waals surface area contributed by atoms with Crippen LogP contribution in [0.25, 0.3) is 0 Å². The average molecular weight is 450 g/mol. The van der Waals surface area contributed by atoms with E-state index in [9.17, 15) is 0 Å². The van der Waals surface area contributed by atoms with Crippen LogP contribution in [0.3, 0.4) is 0 Å². The molecule has 0 aliphatic rings. The topological polar surface area (TPSA) is 36.4 Å². The van der Waals surface area contributed by atoms with Gasteiger partial charge in [-0.05, 0) is 42.5 Å². The predicted octanol–water partition coefficient (Wildman–Crippen LogP) is 4.32. The molecule has 3 nitrogen and oxygen atoms in total. The molecule has 1 aromatic carbocycles. The molecule has 0 saturated heterocycles. The first-order chi connectivity index (χ1) is 10.3. The lowest BCUT2D eigenvalue weighted by Crippen LogP contribution is -2.38. The summed E-state index contributed by atoms with van der Waals surface area (Å²) in [5.74, 6) is 0.855. The van der Waals surface area contributed by atoms with Crippen molar-refractivity contribution in [3.8, 4) is 0 Å². The molecule has 2 N–H and O–H groups in total. The first kappa shape index (κ1) is 19.3. The Morgan fingerprint density at radius 3 is 2.77 bits per heavy atom. The van der Waals surface area contributed by atoms with E-state index < -0.39 is 0 Å². The van der Waals surface area contributed by atoms with Crippen molar-refractivity contribution in [2.75, 3.05) is 13.1 Å². The highest BCUT2D eigenvalue weighted by atomic mass is 127. The maximum atomic E-state index is 5.99. The summed E-state index contributed by atoms with van der Waals surface area (Å²) in [6.45, 7) is 4.47. The van der Waals surface area contributed by atoms with Gasteiger partial charge in [0, 0.05) is 23.0 Å². The Hall–Kier alpha value is -0.790. The van der Waals surface area contributed by atoms with Gasteiger partial charge in [-0.2, -0.15) is 0 Å². The lowest BCUT2D eigenvalue weighted by atomic mass is 10.1. The maximum absolute atomic E-state index is 5.99. The van der Waals surface area contributed by atoms with Crippen molar-refractivity contribution in [1.29, 1.82) is 0 Å². The third kappa shape index (κ3) is 6.98. The third-order valence-electron chi connectivity index (χ3n) is 2.91. The van der Waals surface area contributed by atoms with Crippen LogP contribution in [0, 0.1) is 0 Å². The van der Waals surface area contributed by atoms with E-state index in [1.807, 2.05) is 18.2 Å². The van der Waals surface area contributed by atoms with Gasteiger partial charge in [0.2, 0.25) is 0 Å². The molecule has 0 fully saturated rings. The van der Waals surface area contributed by atoms with Crippen molar-refractivity contribution in [2.24, 2.45) is 4.99 Å². The number of guanidine groups is 1. The van der Waals surface area contributed by atoms with Gasteiger partial charge in [-0.1, -0.05) is 29.8 Å². The number of hydrogen-bond donors (Lipinski definition) is 2. The lowest BCUT2D eigenvalue weighted by molar-refractivity contribution is 0.801. The summed E-state index contributed by atoms with van der Waals surface area (Å²) in [5, 5.41) is 9.47. The fourth-order valence-corrected chi connectivity index (χ4v) is 2.76. The zero-order chi connectivity index (χ0) is 14.9. The van der Waals surface area contributed by atoms with E-state index in [0.717, 1.165) is 30.5 Å². The minimum Gasteiger partial charge on any atom is -0.357 e. The summed E-state index contributed by atoms with van der Waals surface area (Å²) in [6, 6.07) is 12.1. The molecule has 2 rings (SSSR count). The molecule has 0 unspecified atom stereocenters. The molecule has 2 aromatic rings. The molecule has 0 amide bonds. The molecule has 22 heavy (non-hydrogen) atoms. The standard InChI is InChI=1S/C16H20ClN3S.HI/c1-2-18-16(20-12-15-7-4-10-21-15)19-9-8-13-5-3-6-14(17)11-13;/h3-7,10-11H,2,8-9,12H2,1H3,(H2,18,19,20);1H. The monoisotopic (exact) mass is 449 g/mol. The van der Waals surface area contributed by atoms with Crippen molar-refractivity contribution in [1.82, 2.24) is 10.6 Å². The second-order valence-electron chi connectivity index (χ2n) is 4.58. The molecule has 6 heteroatoms. The summed E-state index contributed by atoms with van der Waals surface area (Å²) in [7, 11) is 0. The van der Waals surface area contributed by atoms with Crippen molar-refractivity contribution in [3.63, 3.8) is 0 Å². The molecule has 0 spiro atoms. The van der Waals surface area contributed by atoms with E-state index >= 15 is 0 Å². The SMILES string of the molecule is CCNC(=NCc1cccs1)NCCc1cccc(Cl)c1.I. The molecular formula is C16H21ClIN3S. The number of thiophene rings is 1. The second kappa shape index (κ2) is 10.9. The number of benzene rings is 1. The summed E-state index contributed by atoms with van der Waals surface area (Å²) in [5.41, 5.74) is 1.23. The Bertz CT molecular complexity index is 573. The summed E-state index contributed by atoms with van der Waals surface area (Å²) in [4.78, 5) is 5.85. The number of rotatable bonds is 6. The molecule has 0 atom stereocenters. The van der Waals surface area contributed by atoms with Crippen LogP contribution in [0.1, 0.15) is 17.4 Å². The van der Waals surface area contributed by atoms with Crippen LogP contribution < -0.4 is 10.6 Å². The minimum absolute atomic E-state index is 0. The third-order valence-corrected chi connectivity index (χ3v) is 4.01. The van der Waals surface area contributed by atoms with Gasteiger partial charge >= 0.3 is 0 Å². The summed E-state index contributed by atoms with van der Waals surface area (Å²) >= 11 is 7.72. The molecule has 0 radical (unpaired) electrons. The number of nitrogens with one attached hydrogen (secondary N) is 2. The summed E-state index contributed by atoms with van der Waals surface area (Å²) < 4.78 is 0. The molecule has 120 valence electrons. The summed E-state index contributed by atoms with van der Waals surface area (Å²) in [6.07, 6.45) is 0.921. The fourth-order valence-electron chi connectivity index (χ4n) is 1.92. The van der Waals surface area contributed by atoms with Gasteiger partial charge < -0.3 is 10.6 Å². The Morgan fingerprint density at radius 1 is 1.23 bits per heavy atom. The first-order valence-corrected chi connectivity index (χ1v) is 8.32.